The van der Waals surface area contributed by atoms with Gasteiger partial charge in [0, 0.05) is 7.05 Å². The summed E-state index contributed by atoms with van der Waals surface area (Å²) in [6.45, 7) is 0. The lowest BCUT2D eigenvalue weighted by Gasteiger charge is -2.27. The van der Waals surface area contributed by atoms with Gasteiger partial charge in [-0.15, -0.1) is 0 Å². The summed E-state index contributed by atoms with van der Waals surface area (Å²) in [5, 5.41) is 3.60. The summed E-state index contributed by atoms with van der Waals surface area (Å²) in [5.74, 6) is 0.576. The van der Waals surface area contributed by atoms with Gasteiger partial charge in [-0.05, 0) is 48.5 Å². The summed E-state index contributed by atoms with van der Waals surface area (Å²) in [4.78, 5) is 18.6. The Morgan fingerprint density at radius 2 is 1.12 bits per heavy atom. The third kappa shape index (κ3) is 3.45. The minimum absolute atomic E-state index is 0.0635. The Labute approximate surface area is 188 Å². The van der Waals surface area contributed by atoms with E-state index in [0.717, 1.165) is 11.0 Å². The summed E-state index contributed by atoms with van der Waals surface area (Å²) >= 11 is 0. The van der Waals surface area contributed by atoms with Crippen LogP contribution >= 0.6 is 7.26 Å². The Kier molecular flexibility index (Phi) is 5.43. The number of aryl methyl sites for hydroxylation is 1. The fourth-order valence-corrected chi connectivity index (χ4v) is 8.51. The first-order valence-corrected chi connectivity index (χ1v) is 12.7. The molecule has 32 heavy (non-hydrogen) atoms. The van der Waals surface area contributed by atoms with E-state index in [1.165, 1.54) is 15.9 Å². The molecule has 0 fully saturated rings. The van der Waals surface area contributed by atoms with Crippen molar-refractivity contribution in [2.24, 2.45) is 7.05 Å². The summed E-state index contributed by atoms with van der Waals surface area (Å²) in [6.07, 6.45) is 0.391. The quantitative estimate of drug-likeness (QED) is 0.285. The Morgan fingerprint density at radius 3 is 1.59 bits per heavy atom. The smallest absolute Gasteiger partial charge is 0.236 e. The van der Waals surface area contributed by atoms with Crippen LogP contribution in [0.2, 0.25) is 0 Å². The highest BCUT2D eigenvalue weighted by Gasteiger charge is 2.47. The second-order valence-corrected chi connectivity index (χ2v) is 11.4. The number of nitrogens with zero attached hydrogens (tertiary/aromatic N) is 2. The number of imidazole rings is 1. The molecule has 5 rings (SSSR count). The first kappa shape index (κ1) is 20.4. The number of hydrogen-bond donors (Lipinski definition) is 0. The average Bonchev–Trinajstić information content (AvgIpc) is 3.21. The van der Waals surface area contributed by atoms with Gasteiger partial charge in [-0.3, -0.25) is 4.79 Å². The summed E-state index contributed by atoms with van der Waals surface area (Å²) in [6, 6.07) is 39.4. The second-order valence-electron chi connectivity index (χ2n) is 7.88. The Balaban J connectivity index is 1.72. The van der Waals surface area contributed by atoms with Gasteiger partial charge < -0.3 is 4.57 Å². The van der Waals surface area contributed by atoms with Gasteiger partial charge in [-0.1, -0.05) is 66.7 Å². The molecule has 3 nitrogen and oxygen atoms in total. The van der Waals surface area contributed by atoms with Crippen molar-refractivity contribution in [3.8, 4) is 0 Å². The van der Waals surface area contributed by atoms with Gasteiger partial charge in [0.25, 0.3) is 0 Å². The van der Waals surface area contributed by atoms with E-state index in [1.54, 1.807) is 0 Å². The van der Waals surface area contributed by atoms with E-state index in [2.05, 4.69) is 72.8 Å². The van der Waals surface area contributed by atoms with Gasteiger partial charge in [0.2, 0.25) is 5.78 Å². The summed E-state index contributed by atoms with van der Waals surface area (Å²) in [7, 11) is -0.314. The minimum Gasteiger partial charge on any atom is -0.324 e. The van der Waals surface area contributed by atoms with Gasteiger partial charge in [0.15, 0.2) is 5.82 Å². The number of benzene rings is 4. The van der Waals surface area contributed by atoms with E-state index in [0.29, 0.717) is 12.0 Å². The zero-order valence-electron chi connectivity index (χ0n) is 17.9. The third-order valence-corrected chi connectivity index (χ3v) is 10.3. The van der Waals surface area contributed by atoms with Crippen molar-refractivity contribution in [3.63, 3.8) is 0 Å². The van der Waals surface area contributed by atoms with Crippen molar-refractivity contribution in [1.29, 1.82) is 0 Å². The van der Waals surface area contributed by atoms with Crippen molar-refractivity contribution >= 4 is 40.0 Å². The standard InChI is InChI=1S/C28H24N2OP/c1-30-26-20-12-11-19-25(26)29-28(30)27(31)21-32(22-13-5-2-6-14-22,23-15-7-3-8-16-23)24-17-9-4-10-18-24/h2-20H,21H2,1H3/q+1. The molecule has 0 unspecified atom stereocenters. The van der Waals surface area contributed by atoms with Crippen LogP contribution in [0.15, 0.2) is 115 Å². The molecule has 4 heteroatoms. The zero-order valence-corrected chi connectivity index (χ0v) is 18.8. The monoisotopic (exact) mass is 435 g/mol. The molecule has 5 aromatic rings. The van der Waals surface area contributed by atoms with Crippen LogP contribution < -0.4 is 15.9 Å². The maximum absolute atomic E-state index is 13.9. The largest absolute Gasteiger partial charge is 0.324 e. The number of carbonyl (C=O) groups excluding carboxylic acids is 1. The highest BCUT2D eigenvalue weighted by Crippen LogP contribution is 2.55. The fourth-order valence-electron chi connectivity index (χ4n) is 4.45. The molecule has 0 saturated carbocycles. The number of aromatic nitrogens is 2. The van der Waals surface area contributed by atoms with Crippen LogP contribution in [0.1, 0.15) is 10.6 Å². The van der Waals surface area contributed by atoms with E-state index < -0.39 is 7.26 Å². The van der Waals surface area contributed by atoms with E-state index in [1.807, 2.05) is 54.1 Å². The Hall–Kier alpha value is -3.55. The number of ketones is 1. The molecule has 0 saturated heterocycles. The molecular formula is C28H24N2OP+. The van der Waals surface area contributed by atoms with Crippen molar-refractivity contribution in [1.82, 2.24) is 9.55 Å². The lowest BCUT2D eigenvalue weighted by molar-refractivity contribution is 0.100. The van der Waals surface area contributed by atoms with Crippen LogP contribution in [0.4, 0.5) is 0 Å². The van der Waals surface area contributed by atoms with Gasteiger partial charge in [-0.25, -0.2) is 4.98 Å². The molecule has 0 amide bonds. The molecule has 0 radical (unpaired) electrons. The molecular weight excluding hydrogens is 411 g/mol. The van der Waals surface area contributed by atoms with Gasteiger partial charge in [0.1, 0.15) is 29.3 Å². The van der Waals surface area contributed by atoms with Crippen LogP contribution in [-0.4, -0.2) is 21.5 Å². The molecule has 156 valence electrons. The summed E-state index contributed by atoms with van der Waals surface area (Å²) < 4.78 is 1.92. The predicted octanol–water partition coefficient (Wildman–Crippen LogP) is 4.75. The topological polar surface area (TPSA) is 34.9 Å². The number of rotatable bonds is 6. The lowest BCUT2D eigenvalue weighted by Crippen LogP contribution is -2.36. The van der Waals surface area contributed by atoms with Crippen LogP contribution in [0.5, 0.6) is 0 Å². The Morgan fingerprint density at radius 1 is 0.688 bits per heavy atom. The molecule has 0 N–H and O–H groups in total. The maximum Gasteiger partial charge on any atom is 0.236 e. The predicted molar refractivity (Wildman–Crippen MR) is 135 cm³/mol. The summed E-state index contributed by atoms with van der Waals surface area (Å²) in [5.41, 5.74) is 1.82. The molecule has 0 aliphatic heterocycles. The number of para-hydroxylation sites is 2. The van der Waals surface area contributed by atoms with Gasteiger partial charge in [0.05, 0.1) is 11.0 Å². The molecule has 0 aliphatic rings. The highest BCUT2D eigenvalue weighted by atomic mass is 31.2. The molecule has 4 aromatic carbocycles. The molecule has 1 aromatic heterocycles. The van der Waals surface area contributed by atoms with Crippen LogP contribution in [0.3, 0.4) is 0 Å². The SMILES string of the molecule is Cn1c(C(=O)C[P+](c2ccccc2)(c2ccccc2)c2ccccc2)nc2ccccc21. The normalized spacial score (nSPS) is 11.5. The van der Waals surface area contributed by atoms with Crippen LogP contribution in [0.25, 0.3) is 11.0 Å². The highest BCUT2D eigenvalue weighted by molar-refractivity contribution is 7.96. The van der Waals surface area contributed by atoms with Crippen molar-refractivity contribution in [2.45, 2.75) is 0 Å². The van der Waals surface area contributed by atoms with E-state index in [9.17, 15) is 4.79 Å². The number of hydrogen-bond acceptors (Lipinski definition) is 2. The van der Waals surface area contributed by atoms with E-state index in [4.69, 9.17) is 4.98 Å². The minimum atomic E-state index is -2.24. The molecule has 1 heterocycles. The van der Waals surface area contributed by atoms with Gasteiger partial charge >= 0.3 is 0 Å². The number of Topliss-reactive ketones (excluding diaryl/α,β-unsaturated/α-hetero) is 1. The first-order valence-electron chi connectivity index (χ1n) is 10.7. The van der Waals surface area contributed by atoms with E-state index >= 15 is 0 Å². The van der Waals surface area contributed by atoms with Crippen molar-refractivity contribution in [3.05, 3.63) is 121 Å². The average molecular weight is 435 g/mol. The molecule has 0 bridgehead atoms. The zero-order chi connectivity index (χ0) is 22.0. The van der Waals surface area contributed by atoms with Crippen molar-refractivity contribution < 1.29 is 4.79 Å². The van der Waals surface area contributed by atoms with Crippen LogP contribution in [0, 0.1) is 0 Å². The molecule has 0 spiro atoms. The molecule has 0 atom stereocenters. The van der Waals surface area contributed by atoms with Gasteiger partial charge in [-0.2, -0.15) is 0 Å². The Bertz CT molecular complexity index is 1270. The maximum atomic E-state index is 13.9. The number of carbonyl (C=O) groups is 1. The third-order valence-electron chi connectivity index (χ3n) is 6.01. The van der Waals surface area contributed by atoms with Crippen LogP contribution in [-0.2, 0) is 7.05 Å². The fraction of sp³-hybridized carbons (Fsp3) is 0.0714. The second kappa shape index (κ2) is 8.53. The number of fused-ring (bicyclic) bond motifs is 1. The van der Waals surface area contributed by atoms with Crippen molar-refractivity contribution in [2.75, 3.05) is 6.16 Å². The van der Waals surface area contributed by atoms with E-state index in [-0.39, 0.29) is 5.78 Å². The first-order chi connectivity index (χ1) is 15.7. The lowest BCUT2D eigenvalue weighted by atomic mass is 10.3. The molecule has 0 aliphatic carbocycles.